The fourth-order valence-corrected chi connectivity index (χ4v) is 5.03. The van der Waals surface area contributed by atoms with Crippen LogP contribution in [0.2, 0.25) is 5.02 Å². The lowest BCUT2D eigenvalue weighted by atomic mass is 10.2. The third kappa shape index (κ3) is 3.23. The van der Waals surface area contributed by atoms with Gasteiger partial charge in [0.2, 0.25) is 0 Å². The van der Waals surface area contributed by atoms with E-state index in [0.29, 0.717) is 53.7 Å². The Kier molecular flexibility index (Phi) is 4.70. The third-order valence-electron chi connectivity index (χ3n) is 4.10. The summed E-state index contributed by atoms with van der Waals surface area (Å²) < 4.78 is 42.3. The lowest BCUT2D eigenvalue weighted by Crippen LogP contribution is -2.37. The molecule has 26 heavy (non-hydrogen) atoms. The molecule has 1 aromatic heterocycles. The maximum atomic E-state index is 13.0. The smallest absolute Gasteiger partial charge is 0.264 e. The van der Waals surface area contributed by atoms with Crippen molar-refractivity contribution in [2.45, 2.75) is 4.90 Å². The van der Waals surface area contributed by atoms with Gasteiger partial charge in [0.05, 0.1) is 41.3 Å². The first-order valence-corrected chi connectivity index (χ1v) is 10.5. The highest BCUT2D eigenvalue weighted by Gasteiger charge is 2.24. The van der Waals surface area contributed by atoms with Crippen LogP contribution in [0.5, 0.6) is 0 Å². The van der Waals surface area contributed by atoms with E-state index in [2.05, 4.69) is 13.5 Å². The van der Waals surface area contributed by atoms with E-state index in [-0.39, 0.29) is 4.90 Å². The number of hydrogen-bond acceptors (Lipinski definition) is 7. The number of sulfonamides is 1. The highest BCUT2D eigenvalue weighted by Crippen LogP contribution is 2.36. The highest BCUT2D eigenvalue weighted by molar-refractivity contribution is 7.93. The van der Waals surface area contributed by atoms with Crippen molar-refractivity contribution < 1.29 is 13.2 Å². The number of para-hydroxylation sites is 1. The molecule has 2 heterocycles. The van der Waals surface area contributed by atoms with E-state index in [9.17, 15) is 8.42 Å². The monoisotopic (exact) mass is 410 g/mol. The van der Waals surface area contributed by atoms with E-state index in [4.69, 9.17) is 16.3 Å². The second-order valence-corrected chi connectivity index (χ2v) is 8.32. The summed E-state index contributed by atoms with van der Waals surface area (Å²) >= 11 is 7.36. The summed E-state index contributed by atoms with van der Waals surface area (Å²) in [5, 5.41) is 0.487. The first-order chi connectivity index (χ1) is 12.6. The molecule has 0 spiro atoms. The Balaban J connectivity index is 1.75. The van der Waals surface area contributed by atoms with Crippen LogP contribution in [-0.4, -0.2) is 43.5 Å². The molecule has 10 heteroatoms. The minimum atomic E-state index is -3.85. The molecule has 0 unspecified atom stereocenters. The van der Waals surface area contributed by atoms with Crippen LogP contribution in [0.4, 0.5) is 11.4 Å². The van der Waals surface area contributed by atoms with Gasteiger partial charge in [-0.1, -0.05) is 23.7 Å². The van der Waals surface area contributed by atoms with Gasteiger partial charge in [0.15, 0.2) is 0 Å². The lowest BCUT2D eigenvalue weighted by Gasteiger charge is -2.31. The summed E-state index contributed by atoms with van der Waals surface area (Å²) in [6.45, 7) is 2.43. The van der Waals surface area contributed by atoms with E-state index in [1.165, 1.54) is 6.07 Å². The van der Waals surface area contributed by atoms with Gasteiger partial charge in [-0.2, -0.15) is 8.75 Å². The molecule has 4 rings (SSSR count). The number of benzene rings is 2. The minimum Gasteiger partial charge on any atom is -0.378 e. The number of nitrogens with one attached hydrogen (secondary N) is 1. The average Bonchev–Trinajstić information content (AvgIpc) is 3.11. The van der Waals surface area contributed by atoms with E-state index in [1.807, 2.05) is 4.90 Å². The summed E-state index contributed by atoms with van der Waals surface area (Å²) in [6, 6.07) is 10.1. The molecule has 1 fully saturated rings. The quantitative estimate of drug-likeness (QED) is 0.711. The Morgan fingerprint density at radius 3 is 2.69 bits per heavy atom. The number of nitrogens with zero attached hydrogens (tertiary/aromatic N) is 3. The normalized spacial score (nSPS) is 15.3. The summed E-state index contributed by atoms with van der Waals surface area (Å²) in [7, 11) is -3.85. The van der Waals surface area contributed by atoms with Gasteiger partial charge in [-0.25, -0.2) is 8.42 Å². The second-order valence-electron chi connectivity index (χ2n) is 5.73. The first kappa shape index (κ1) is 17.5. The van der Waals surface area contributed by atoms with Gasteiger partial charge in [0, 0.05) is 13.1 Å². The van der Waals surface area contributed by atoms with Crippen molar-refractivity contribution in [1.29, 1.82) is 0 Å². The number of halogens is 1. The summed E-state index contributed by atoms with van der Waals surface area (Å²) in [5.74, 6) is 0. The van der Waals surface area contributed by atoms with Gasteiger partial charge in [0.25, 0.3) is 10.0 Å². The third-order valence-corrected chi connectivity index (χ3v) is 6.34. The van der Waals surface area contributed by atoms with Crippen molar-refractivity contribution in [3.63, 3.8) is 0 Å². The van der Waals surface area contributed by atoms with Crippen molar-refractivity contribution in [2.24, 2.45) is 0 Å². The molecular weight excluding hydrogens is 396 g/mol. The molecule has 0 aliphatic carbocycles. The van der Waals surface area contributed by atoms with Crippen molar-refractivity contribution in [2.75, 3.05) is 35.9 Å². The Bertz CT molecular complexity index is 1050. The predicted molar refractivity (Wildman–Crippen MR) is 103 cm³/mol. The van der Waals surface area contributed by atoms with Gasteiger partial charge in [-0.3, -0.25) is 4.72 Å². The van der Waals surface area contributed by atoms with Crippen LogP contribution in [0.15, 0.2) is 41.3 Å². The van der Waals surface area contributed by atoms with Crippen LogP contribution in [0, 0.1) is 0 Å². The van der Waals surface area contributed by atoms with E-state index in [0.717, 1.165) is 11.7 Å². The molecule has 0 saturated carbocycles. The van der Waals surface area contributed by atoms with Gasteiger partial charge >= 0.3 is 0 Å². The van der Waals surface area contributed by atoms with Crippen molar-refractivity contribution >= 4 is 55.8 Å². The Labute approximate surface area is 159 Å². The lowest BCUT2D eigenvalue weighted by molar-refractivity contribution is 0.123. The summed E-state index contributed by atoms with van der Waals surface area (Å²) in [5.41, 5.74) is 2.00. The van der Waals surface area contributed by atoms with Gasteiger partial charge < -0.3 is 9.64 Å². The number of morpholine rings is 1. The van der Waals surface area contributed by atoms with Gasteiger partial charge in [-0.15, -0.1) is 0 Å². The number of hydrogen-bond donors (Lipinski definition) is 1. The minimum absolute atomic E-state index is 0.0941. The number of rotatable bonds is 4. The van der Waals surface area contributed by atoms with Crippen molar-refractivity contribution in [1.82, 2.24) is 8.75 Å². The van der Waals surface area contributed by atoms with Gasteiger partial charge in [0.1, 0.15) is 15.9 Å². The molecular formula is C16H15ClN4O3S2. The zero-order chi connectivity index (χ0) is 18.1. The summed E-state index contributed by atoms with van der Waals surface area (Å²) in [6.07, 6.45) is 0. The molecule has 2 aromatic carbocycles. The van der Waals surface area contributed by atoms with E-state index < -0.39 is 10.0 Å². The van der Waals surface area contributed by atoms with Crippen LogP contribution < -0.4 is 9.62 Å². The van der Waals surface area contributed by atoms with Crippen LogP contribution in [0.25, 0.3) is 11.0 Å². The molecule has 0 radical (unpaired) electrons. The van der Waals surface area contributed by atoms with Crippen LogP contribution in [-0.2, 0) is 14.8 Å². The molecule has 0 amide bonds. The maximum Gasteiger partial charge on any atom is 0.264 e. The molecule has 7 nitrogen and oxygen atoms in total. The van der Waals surface area contributed by atoms with E-state index >= 15 is 0 Å². The van der Waals surface area contributed by atoms with Crippen molar-refractivity contribution in [3.05, 3.63) is 41.4 Å². The SMILES string of the molecule is O=S(=O)(Nc1cccc(Cl)c1N1CCOCC1)c1cccc2nsnc12. The Morgan fingerprint density at radius 1 is 1.12 bits per heavy atom. The first-order valence-electron chi connectivity index (χ1n) is 7.91. The zero-order valence-electron chi connectivity index (χ0n) is 13.6. The van der Waals surface area contributed by atoms with Gasteiger partial charge in [-0.05, 0) is 24.3 Å². The predicted octanol–water partition coefficient (Wildman–Crippen LogP) is 2.98. The fourth-order valence-electron chi connectivity index (χ4n) is 2.90. The maximum absolute atomic E-state index is 13.0. The van der Waals surface area contributed by atoms with Crippen LogP contribution in [0.3, 0.4) is 0 Å². The number of aromatic nitrogens is 2. The molecule has 0 atom stereocenters. The molecule has 3 aromatic rings. The topological polar surface area (TPSA) is 84.4 Å². The molecule has 136 valence electrons. The number of fused-ring (bicyclic) bond motifs is 1. The largest absolute Gasteiger partial charge is 0.378 e. The number of ether oxygens (including phenoxy) is 1. The molecule has 1 aliphatic rings. The van der Waals surface area contributed by atoms with Crippen LogP contribution >= 0.6 is 23.3 Å². The molecule has 1 N–H and O–H groups in total. The van der Waals surface area contributed by atoms with E-state index in [1.54, 1.807) is 30.3 Å². The molecule has 1 aliphatic heterocycles. The molecule has 0 bridgehead atoms. The second kappa shape index (κ2) is 6.99. The number of anilines is 2. The standard InChI is InChI=1S/C16H15ClN4O3S2/c17-11-3-1-5-13(16(11)21-7-9-24-10-8-21)20-26(22,23)14-6-2-4-12-15(14)19-25-18-12/h1-6,20H,7-10H2. The fraction of sp³-hybridized carbons (Fsp3) is 0.250. The van der Waals surface area contributed by atoms with Crippen LogP contribution in [0.1, 0.15) is 0 Å². The van der Waals surface area contributed by atoms with Crippen molar-refractivity contribution in [3.8, 4) is 0 Å². The summed E-state index contributed by atoms with van der Waals surface area (Å²) in [4.78, 5) is 2.12. The Hall–Kier alpha value is -1.94. The molecule has 1 saturated heterocycles. The zero-order valence-corrected chi connectivity index (χ0v) is 15.9. The average molecular weight is 411 g/mol. The Morgan fingerprint density at radius 2 is 1.88 bits per heavy atom. The highest BCUT2D eigenvalue weighted by atomic mass is 35.5.